The fraction of sp³-hybridized carbons (Fsp3) is 0.545. The third-order valence-corrected chi connectivity index (χ3v) is 7.13. The average Bonchev–Trinajstić information content (AvgIpc) is 2.92. The fourth-order valence-electron chi connectivity index (χ4n) is 2.07. The summed E-state index contributed by atoms with van der Waals surface area (Å²) in [5.74, 6) is 0.387. The zero-order valence-electron chi connectivity index (χ0n) is 11.2. The topological polar surface area (TPSA) is 75.5 Å². The fourth-order valence-corrected chi connectivity index (χ4v) is 5.07. The molecule has 0 aliphatic heterocycles. The second-order valence-electron chi connectivity index (χ2n) is 4.78. The third kappa shape index (κ3) is 2.32. The van der Waals surface area contributed by atoms with Crippen LogP contribution in [0.5, 0.6) is 0 Å². The SMILES string of the molecule is CNc1nc2sccn2c1S(=O)(=O)NCC1(SC)CC1. The van der Waals surface area contributed by atoms with Gasteiger partial charge in [0.25, 0.3) is 10.0 Å². The lowest BCUT2D eigenvalue weighted by Crippen LogP contribution is -2.32. The minimum atomic E-state index is -3.58. The second kappa shape index (κ2) is 4.90. The Kier molecular flexibility index (Phi) is 3.47. The maximum Gasteiger partial charge on any atom is 0.260 e. The highest BCUT2D eigenvalue weighted by Crippen LogP contribution is 2.46. The largest absolute Gasteiger partial charge is 0.371 e. The minimum Gasteiger partial charge on any atom is -0.371 e. The van der Waals surface area contributed by atoms with E-state index in [1.807, 2.05) is 11.6 Å². The number of imidazole rings is 1. The molecule has 0 atom stereocenters. The summed E-state index contributed by atoms with van der Waals surface area (Å²) in [6, 6.07) is 0. The Labute approximate surface area is 126 Å². The molecule has 2 heterocycles. The monoisotopic (exact) mass is 332 g/mol. The summed E-state index contributed by atoms with van der Waals surface area (Å²) in [7, 11) is -1.90. The summed E-state index contributed by atoms with van der Waals surface area (Å²) in [6.07, 6.45) is 5.88. The number of fused-ring (bicyclic) bond motifs is 1. The molecule has 2 aromatic heterocycles. The molecule has 2 aromatic rings. The van der Waals surface area contributed by atoms with Gasteiger partial charge < -0.3 is 5.32 Å². The number of sulfonamides is 1. The first-order valence-electron chi connectivity index (χ1n) is 6.19. The molecule has 2 N–H and O–H groups in total. The maximum atomic E-state index is 12.6. The number of nitrogens with one attached hydrogen (secondary N) is 2. The highest BCUT2D eigenvalue weighted by molar-refractivity contribution is 8.00. The van der Waals surface area contributed by atoms with E-state index in [0.717, 1.165) is 12.8 Å². The molecule has 9 heteroatoms. The zero-order chi connectivity index (χ0) is 14.4. The van der Waals surface area contributed by atoms with Crippen molar-refractivity contribution in [3.63, 3.8) is 0 Å². The van der Waals surface area contributed by atoms with Gasteiger partial charge in [0.2, 0.25) is 0 Å². The van der Waals surface area contributed by atoms with Crippen LogP contribution in [0, 0.1) is 0 Å². The van der Waals surface area contributed by atoms with Gasteiger partial charge >= 0.3 is 0 Å². The predicted molar refractivity (Wildman–Crippen MR) is 83.3 cm³/mol. The van der Waals surface area contributed by atoms with Crippen molar-refractivity contribution in [2.75, 3.05) is 25.2 Å². The van der Waals surface area contributed by atoms with Crippen LogP contribution < -0.4 is 10.0 Å². The van der Waals surface area contributed by atoms with Gasteiger partial charge in [-0.25, -0.2) is 18.1 Å². The molecular weight excluding hydrogens is 316 g/mol. The molecule has 1 aliphatic carbocycles. The Morgan fingerprint density at radius 2 is 2.30 bits per heavy atom. The van der Waals surface area contributed by atoms with E-state index in [1.54, 1.807) is 29.4 Å². The normalized spacial score (nSPS) is 17.5. The molecule has 0 saturated heterocycles. The molecule has 110 valence electrons. The quantitative estimate of drug-likeness (QED) is 0.840. The zero-order valence-corrected chi connectivity index (χ0v) is 13.7. The molecule has 1 saturated carbocycles. The Hall–Kier alpha value is -0.770. The Balaban J connectivity index is 1.94. The summed E-state index contributed by atoms with van der Waals surface area (Å²) in [6.45, 7) is 0.469. The molecule has 0 spiro atoms. The molecule has 1 fully saturated rings. The van der Waals surface area contributed by atoms with Gasteiger partial charge in [0.15, 0.2) is 15.8 Å². The van der Waals surface area contributed by atoms with Crippen LogP contribution in [0.1, 0.15) is 12.8 Å². The lowest BCUT2D eigenvalue weighted by molar-refractivity contribution is 0.575. The van der Waals surface area contributed by atoms with E-state index in [0.29, 0.717) is 17.3 Å². The van der Waals surface area contributed by atoms with Crippen molar-refractivity contribution in [2.45, 2.75) is 22.6 Å². The summed E-state index contributed by atoms with van der Waals surface area (Å²) in [4.78, 5) is 4.95. The number of rotatable bonds is 6. The van der Waals surface area contributed by atoms with Gasteiger partial charge in [-0.1, -0.05) is 0 Å². The van der Waals surface area contributed by atoms with Crippen molar-refractivity contribution in [3.05, 3.63) is 11.6 Å². The van der Waals surface area contributed by atoms with E-state index in [9.17, 15) is 8.42 Å². The number of hydrogen-bond donors (Lipinski definition) is 2. The van der Waals surface area contributed by atoms with Crippen LogP contribution in [0.4, 0.5) is 5.82 Å². The molecule has 0 unspecified atom stereocenters. The third-order valence-electron chi connectivity index (χ3n) is 3.53. The van der Waals surface area contributed by atoms with Crippen LogP contribution in [0.25, 0.3) is 4.96 Å². The minimum absolute atomic E-state index is 0.0886. The van der Waals surface area contributed by atoms with Crippen LogP contribution >= 0.6 is 23.1 Å². The van der Waals surface area contributed by atoms with E-state index in [1.165, 1.54) is 11.3 Å². The molecule has 0 bridgehead atoms. The van der Waals surface area contributed by atoms with E-state index in [-0.39, 0.29) is 9.77 Å². The van der Waals surface area contributed by atoms with Crippen molar-refractivity contribution >= 4 is 43.9 Å². The van der Waals surface area contributed by atoms with Gasteiger partial charge in [-0.05, 0) is 19.1 Å². The summed E-state index contributed by atoms with van der Waals surface area (Å²) in [5.41, 5.74) is 0. The van der Waals surface area contributed by atoms with Crippen LogP contribution in [-0.4, -0.2) is 42.4 Å². The molecule has 1 aliphatic rings. The highest BCUT2D eigenvalue weighted by Gasteiger charge is 2.43. The van der Waals surface area contributed by atoms with Crippen LogP contribution in [-0.2, 0) is 10.0 Å². The first-order valence-corrected chi connectivity index (χ1v) is 9.78. The van der Waals surface area contributed by atoms with Gasteiger partial charge in [0.05, 0.1) is 0 Å². The molecule has 3 rings (SSSR count). The first kappa shape index (κ1) is 14.2. The Morgan fingerprint density at radius 3 is 2.90 bits per heavy atom. The van der Waals surface area contributed by atoms with Crippen molar-refractivity contribution in [3.8, 4) is 0 Å². The van der Waals surface area contributed by atoms with Crippen LogP contribution in [0.2, 0.25) is 0 Å². The van der Waals surface area contributed by atoms with Gasteiger partial charge in [0.1, 0.15) is 0 Å². The number of aromatic nitrogens is 2. The second-order valence-corrected chi connectivity index (χ2v) is 8.61. The summed E-state index contributed by atoms with van der Waals surface area (Å²) >= 11 is 3.14. The van der Waals surface area contributed by atoms with Crippen molar-refractivity contribution in [1.82, 2.24) is 14.1 Å². The Bertz CT molecular complexity index is 730. The summed E-state index contributed by atoms with van der Waals surface area (Å²) < 4.78 is 29.5. The van der Waals surface area contributed by atoms with Gasteiger partial charge in [0, 0.05) is 29.9 Å². The highest BCUT2D eigenvalue weighted by atomic mass is 32.2. The summed E-state index contributed by atoms with van der Waals surface area (Å²) in [5, 5.41) is 4.87. The molecule has 0 aromatic carbocycles. The molecule has 20 heavy (non-hydrogen) atoms. The van der Waals surface area contributed by atoms with Crippen LogP contribution in [0.15, 0.2) is 16.6 Å². The van der Waals surface area contributed by atoms with Crippen molar-refractivity contribution in [1.29, 1.82) is 0 Å². The predicted octanol–water partition coefficient (Wildman–Crippen LogP) is 1.61. The van der Waals surface area contributed by atoms with Crippen LogP contribution in [0.3, 0.4) is 0 Å². The van der Waals surface area contributed by atoms with E-state index >= 15 is 0 Å². The Morgan fingerprint density at radius 1 is 1.55 bits per heavy atom. The van der Waals surface area contributed by atoms with E-state index < -0.39 is 10.0 Å². The molecular formula is C11H16N4O2S3. The molecule has 6 nitrogen and oxygen atoms in total. The van der Waals surface area contributed by atoms with E-state index in [4.69, 9.17) is 0 Å². The van der Waals surface area contributed by atoms with Gasteiger partial charge in [-0.2, -0.15) is 11.8 Å². The average molecular weight is 332 g/mol. The van der Waals surface area contributed by atoms with Crippen molar-refractivity contribution < 1.29 is 8.42 Å². The number of thiazole rings is 1. The number of nitrogens with zero attached hydrogens (tertiary/aromatic N) is 2. The smallest absolute Gasteiger partial charge is 0.260 e. The number of thioether (sulfide) groups is 1. The maximum absolute atomic E-state index is 12.6. The lowest BCUT2D eigenvalue weighted by Gasteiger charge is -2.13. The lowest BCUT2D eigenvalue weighted by atomic mass is 10.4. The standard InChI is InChI=1S/C11H16N4O2S3/c1-12-8-9(15-5-6-19-10(15)14-8)20(16,17)13-7-11(18-2)3-4-11/h5-6,12-13H,3-4,7H2,1-2H3. The molecule has 0 amide bonds. The van der Waals surface area contributed by atoms with Crippen molar-refractivity contribution in [2.24, 2.45) is 0 Å². The number of anilines is 1. The molecule has 0 radical (unpaired) electrons. The van der Waals surface area contributed by atoms with Gasteiger partial charge in [-0.3, -0.25) is 4.40 Å². The number of hydrogen-bond acceptors (Lipinski definition) is 6. The van der Waals surface area contributed by atoms with Gasteiger partial charge in [-0.15, -0.1) is 11.3 Å². The first-order chi connectivity index (χ1) is 9.51. The van der Waals surface area contributed by atoms with E-state index in [2.05, 4.69) is 15.0 Å².